The molecule has 0 saturated carbocycles. The van der Waals surface area contributed by atoms with Crippen LogP contribution in [0.1, 0.15) is 5.56 Å². The zero-order chi connectivity index (χ0) is 13.7. The van der Waals surface area contributed by atoms with Crippen molar-refractivity contribution in [2.75, 3.05) is 33.2 Å². The van der Waals surface area contributed by atoms with E-state index in [0.717, 1.165) is 18.7 Å². The van der Waals surface area contributed by atoms with Crippen molar-refractivity contribution >= 4 is 11.8 Å². The summed E-state index contributed by atoms with van der Waals surface area (Å²) in [5, 5.41) is 3.15. The van der Waals surface area contributed by atoms with E-state index < -0.39 is 11.8 Å². The Kier molecular flexibility index (Phi) is 4.46. The molecule has 1 aliphatic heterocycles. The SMILES string of the molecule is CN(Cc1ccncc1)C(=O)C(=O)N1CCNCC1. The fourth-order valence-corrected chi connectivity index (χ4v) is 2.00. The van der Waals surface area contributed by atoms with E-state index in [1.54, 1.807) is 24.3 Å². The third kappa shape index (κ3) is 3.51. The van der Waals surface area contributed by atoms with Crippen LogP contribution in [0.15, 0.2) is 24.5 Å². The molecule has 1 fully saturated rings. The van der Waals surface area contributed by atoms with E-state index in [0.29, 0.717) is 19.6 Å². The van der Waals surface area contributed by atoms with E-state index >= 15 is 0 Å². The minimum atomic E-state index is -0.460. The summed E-state index contributed by atoms with van der Waals surface area (Å²) in [7, 11) is 1.64. The van der Waals surface area contributed by atoms with Gasteiger partial charge in [0.2, 0.25) is 0 Å². The van der Waals surface area contributed by atoms with E-state index in [4.69, 9.17) is 0 Å². The van der Waals surface area contributed by atoms with Crippen LogP contribution < -0.4 is 5.32 Å². The zero-order valence-corrected chi connectivity index (χ0v) is 11.0. The van der Waals surface area contributed by atoms with Gasteiger partial charge in [-0.05, 0) is 17.7 Å². The molecule has 6 nitrogen and oxygen atoms in total. The molecular weight excluding hydrogens is 244 g/mol. The van der Waals surface area contributed by atoms with Crippen LogP contribution in [0.3, 0.4) is 0 Å². The number of piperazine rings is 1. The zero-order valence-electron chi connectivity index (χ0n) is 11.0. The van der Waals surface area contributed by atoms with Crippen molar-refractivity contribution in [3.63, 3.8) is 0 Å². The van der Waals surface area contributed by atoms with Crippen molar-refractivity contribution in [2.24, 2.45) is 0 Å². The quantitative estimate of drug-likeness (QED) is 0.728. The summed E-state index contributed by atoms with van der Waals surface area (Å²) in [5.41, 5.74) is 0.957. The average Bonchev–Trinajstić information content (AvgIpc) is 2.47. The highest BCUT2D eigenvalue weighted by Gasteiger charge is 2.25. The number of carbonyl (C=O) groups excluding carboxylic acids is 2. The van der Waals surface area contributed by atoms with Crippen LogP contribution in [0, 0.1) is 0 Å². The standard InChI is InChI=1S/C13H18N4O2/c1-16(10-11-2-4-14-5-3-11)12(18)13(19)17-8-6-15-7-9-17/h2-5,15H,6-10H2,1H3. The largest absolute Gasteiger partial charge is 0.333 e. The Balaban J connectivity index is 1.93. The first-order chi connectivity index (χ1) is 9.18. The molecule has 2 amide bonds. The van der Waals surface area contributed by atoms with Crippen LogP contribution in [0.25, 0.3) is 0 Å². The van der Waals surface area contributed by atoms with Crippen molar-refractivity contribution in [3.8, 4) is 0 Å². The molecule has 0 spiro atoms. The minimum absolute atomic E-state index is 0.416. The highest BCUT2D eigenvalue weighted by molar-refractivity contribution is 6.34. The molecule has 0 bridgehead atoms. The van der Waals surface area contributed by atoms with E-state index in [-0.39, 0.29) is 0 Å². The molecule has 2 heterocycles. The van der Waals surface area contributed by atoms with E-state index in [2.05, 4.69) is 10.3 Å². The van der Waals surface area contributed by atoms with Gasteiger partial charge in [-0.3, -0.25) is 14.6 Å². The van der Waals surface area contributed by atoms with Crippen LogP contribution in [0.2, 0.25) is 0 Å². The van der Waals surface area contributed by atoms with E-state index in [1.165, 1.54) is 4.90 Å². The van der Waals surface area contributed by atoms with Gasteiger partial charge in [-0.1, -0.05) is 0 Å². The maximum Gasteiger partial charge on any atom is 0.312 e. The summed E-state index contributed by atoms with van der Waals surface area (Å²) < 4.78 is 0. The molecule has 19 heavy (non-hydrogen) atoms. The number of amides is 2. The predicted molar refractivity (Wildman–Crippen MR) is 70.2 cm³/mol. The molecular formula is C13H18N4O2. The van der Waals surface area contributed by atoms with E-state index in [1.807, 2.05) is 12.1 Å². The van der Waals surface area contributed by atoms with Crippen molar-refractivity contribution in [1.29, 1.82) is 0 Å². The number of likely N-dealkylation sites (N-methyl/N-ethyl adjacent to an activating group) is 1. The third-order valence-corrected chi connectivity index (χ3v) is 3.10. The molecule has 0 aromatic carbocycles. The molecule has 0 atom stereocenters. The number of aromatic nitrogens is 1. The second-order valence-corrected chi connectivity index (χ2v) is 4.56. The van der Waals surface area contributed by atoms with Gasteiger partial charge in [0.1, 0.15) is 0 Å². The van der Waals surface area contributed by atoms with Crippen LogP contribution in [-0.2, 0) is 16.1 Å². The fourth-order valence-electron chi connectivity index (χ4n) is 2.00. The number of pyridine rings is 1. The van der Waals surface area contributed by atoms with Crippen molar-refractivity contribution in [2.45, 2.75) is 6.54 Å². The Morgan fingerprint density at radius 2 is 1.95 bits per heavy atom. The van der Waals surface area contributed by atoms with Gasteiger partial charge in [0.15, 0.2) is 0 Å². The van der Waals surface area contributed by atoms with Gasteiger partial charge in [-0.25, -0.2) is 0 Å². The summed E-state index contributed by atoms with van der Waals surface area (Å²) in [6.07, 6.45) is 3.34. The predicted octanol–water partition coefficient (Wildman–Crippen LogP) is -0.528. The molecule has 1 N–H and O–H groups in total. The number of hydrogen-bond acceptors (Lipinski definition) is 4. The second-order valence-electron chi connectivity index (χ2n) is 4.56. The lowest BCUT2D eigenvalue weighted by molar-refractivity contribution is -0.151. The molecule has 0 unspecified atom stereocenters. The lowest BCUT2D eigenvalue weighted by Crippen LogP contribution is -2.51. The Morgan fingerprint density at radius 3 is 2.58 bits per heavy atom. The maximum atomic E-state index is 12.0. The van der Waals surface area contributed by atoms with Crippen molar-refractivity contribution < 1.29 is 9.59 Å². The Labute approximate surface area is 112 Å². The molecule has 1 aromatic rings. The molecule has 1 saturated heterocycles. The first-order valence-corrected chi connectivity index (χ1v) is 6.32. The number of carbonyl (C=O) groups is 2. The van der Waals surface area contributed by atoms with Crippen LogP contribution in [0.5, 0.6) is 0 Å². The lowest BCUT2D eigenvalue weighted by atomic mass is 10.2. The third-order valence-electron chi connectivity index (χ3n) is 3.10. The summed E-state index contributed by atoms with van der Waals surface area (Å²) in [4.78, 5) is 31.0. The molecule has 0 radical (unpaired) electrons. The first kappa shape index (κ1) is 13.5. The highest BCUT2D eigenvalue weighted by Crippen LogP contribution is 2.03. The first-order valence-electron chi connectivity index (χ1n) is 6.32. The Bertz CT molecular complexity index is 443. The summed E-state index contributed by atoms with van der Waals surface area (Å²) in [5.74, 6) is -0.878. The van der Waals surface area contributed by atoms with Crippen LogP contribution >= 0.6 is 0 Å². The smallest absolute Gasteiger partial charge is 0.312 e. The number of hydrogen-bond donors (Lipinski definition) is 1. The monoisotopic (exact) mass is 262 g/mol. The van der Waals surface area contributed by atoms with Gasteiger partial charge in [-0.15, -0.1) is 0 Å². The number of rotatable bonds is 2. The highest BCUT2D eigenvalue weighted by atomic mass is 16.2. The van der Waals surface area contributed by atoms with E-state index in [9.17, 15) is 9.59 Å². The van der Waals surface area contributed by atoms with Gasteiger partial charge >= 0.3 is 11.8 Å². The molecule has 2 rings (SSSR count). The Morgan fingerprint density at radius 1 is 1.32 bits per heavy atom. The normalized spacial score (nSPS) is 15.1. The maximum absolute atomic E-state index is 12.0. The molecule has 102 valence electrons. The number of nitrogens with one attached hydrogen (secondary N) is 1. The molecule has 6 heteroatoms. The second kappa shape index (κ2) is 6.29. The fraction of sp³-hybridized carbons (Fsp3) is 0.462. The summed E-state index contributed by atoms with van der Waals surface area (Å²) >= 11 is 0. The summed E-state index contributed by atoms with van der Waals surface area (Å²) in [6.45, 7) is 3.08. The lowest BCUT2D eigenvalue weighted by Gasteiger charge is -2.28. The van der Waals surface area contributed by atoms with Gasteiger partial charge in [-0.2, -0.15) is 0 Å². The molecule has 1 aromatic heterocycles. The Hall–Kier alpha value is -1.95. The minimum Gasteiger partial charge on any atom is -0.333 e. The van der Waals surface area contributed by atoms with Gasteiger partial charge in [0.25, 0.3) is 0 Å². The average molecular weight is 262 g/mol. The molecule has 0 aliphatic carbocycles. The van der Waals surface area contributed by atoms with Crippen molar-refractivity contribution in [1.82, 2.24) is 20.1 Å². The molecule has 1 aliphatic rings. The summed E-state index contributed by atoms with van der Waals surface area (Å²) in [6, 6.07) is 3.66. The topological polar surface area (TPSA) is 65.5 Å². The van der Waals surface area contributed by atoms with Gasteiger partial charge in [0.05, 0.1) is 0 Å². The number of nitrogens with zero attached hydrogens (tertiary/aromatic N) is 3. The van der Waals surface area contributed by atoms with Crippen LogP contribution in [-0.4, -0.2) is 59.8 Å². The van der Waals surface area contributed by atoms with Gasteiger partial charge < -0.3 is 15.1 Å². The van der Waals surface area contributed by atoms with Crippen LogP contribution in [0.4, 0.5) is 0 Å². The van der Waals surface area contributed by atoms with Crippen molar-refractivity contribution in [3.05, 3.63) is 30.1 Å². The van der Waals surface area contributed by atoms with Gasteiger partial charge in [0, 0.05) is 52.2 Å².